The van der Waals surface area contributed by atoms with E-state index in [1.165, 1.54) is 25.0 Å². The molecule has 0 aromatic carbocycles. The van der Waals surface area contributed by atoms with Crippen LogP contribution in [0.15, 0.2) is 6.20 Å². The first-order chi connectivity index (χ1) is 7.56. The van der Waals surface area contributed by atoms with Crippen molar-refractivity contribution < 1.29 is 0 Å². The molecule has 0 radical (unpaired) electrons. The van der Waals surface area contributed by atoms with E-state index in [0.717, 1.165) is 0 Å². The summed E-state index contributed by atoms with van der Waals surface area (Å²) in [5.74, 6) is 0.676. The molecule has 1 heterocycles. The zero-order chi connectivity index (χ0) is 11.8. The first kappa shape index (κ1) is 11.6. The molecule has 1 aromatic rings. The van der Waals surface area contributed by atoms with E-state index in [2.05, 4.69) is 29.5 Å². The highest BCUT2D eigenvalue weighted by Gasteiger charge is 2.40. The third-order valence-electron chi connectivity index (χ3n) is 4.12. The Bertz CT molecular complexity index is 356. The van der Waals surface area contributed by atoms with Gasteiger partial charge in [0.05, 0.1) is 17.9 Å². The topological polar surface area (TPSA) is 42.7 Å². The highest BCUT2D eigenvalue weighted by molar-refractivity contribution is 5.07. The van der Waals surface area contributed by atoms with Crippen molar-refractivity contribution in [2.75, 3.05) is 7.05 Å². The Kier molecular flexibility index (Phi) is 3.02. The van der Waals surface area contributed by atoms with Crippen LogP contribution in [0.1, 0.15) is 44.8 Å². The normalized spacial score (nSPS) is 25.9. The molecule has 2 atom stereocenters. The van der Waals surface area contributed by atoms with Crippen molar-refractivity contribution in [2.24, 2.45) is 18.4 Å². The van der Waals surface area contributed by atoms with Gasteiger partial charge in [0.15, 0.2) is 0 Å². The van der Waals surface area contributed by atoms with Gasteiger partial charge in [0.25, 0.3) is 0 Å². The largest absolute Gasteiger partial charge is 0.311 e. The first-order valence-corrected chi connectivity index (χ1v) is 6.08. The van der Waals surface area contributed by atoms with Crippen LogP contribution in [0.2, 0.25) is 0 Å². The molecule has 1 saturated carbocycles. The predicted octanol–water partition coefficient (Wildman–Crippen LogP) is 1.90. The van der Waals surface area contributed by atoms with Gasteiger partial charge in [-0.25, -0.2) is 0 Å². The minimum Gasteiger partial charge on any atom is -0.311 e. The van der Waals surface area contributed by atoms with Gasteiger partial charge in [0.1, 0.15) is 0 Å². The molecular weight excluding hydrogens is 200 g/mol. The molecule has 0 aliphatic heterocycles. The molecule has 1 fully saturated rings. The molecule has 90 valence electrons. The first-order valence-electron chi connectivity index (χ1n) is 6.08. The second-order valence-electron chi connectivity index (χ2n) is 5.54. The molecule has 1 aliphatic rings. The van der Waals surface area contributed by atoms with E-state index < -0.39 is 0 Å². The average Bonchev–Trinajstić information content (AvgIpc) is 2.77. The van der Waals surface area contributed by atoms with Gasteiger partial charge in [0.2, 0.25) is 0 Å². The number of aromatic nitrogens is 3. The Labute approximate surface area is 97.4 Å². The number of hydrogen-bond donors (Lipinski definition) is 1. The molecule has 1 N–H and O–H groups in total. The van der Waals surface area contributed by atoms with E-state index in [-0.39, 0.29) is 0 Å². The minimum absolute atomic E-state index is 0.373. The zero-order valence-corrected chi connectivity index (χ0v) is 10.7. The van der Waals surface area contributed by atoms with Gasteiger partial charge < -0.3 is 5.32 Å². The maximum atomic E-state index is 4.03. The lowest BCUT2D eigenvalue weighted by molar-refractivity contribution is 0.198. The smallest absolute Gasteiger partial charge is 0.0756 e. The van der Waals surface area contributed by atoms with Crippen LogP contribution in [0, 0.1) is 11.3 Å². The lowest BCUT2D eigenvalue weighted by Crippen LogP contribution is -2.33. The standard InChI is InChI=1S/C12H22N4/c1-12(2)7-5-6-9(12)11(13-3)10-8-14-15-16(10)4/h8-9,11,13H,5-7H2,1-4H3. The third kappa shape index (κ3) is 1.86. The maximum absolute atomic E-state index is 4.03. The molecule has 0 saturated heterocycles. The Morgan fingerprint density at radius 1 is 1.56 bits per heavy atom. The summed E-state index contributed by atoms with van der Waals surface area (Å²) in [5, 5.41) is 11.5. The average molecular weight is 222 g/mol. The van der Waals surface area contributed by atoms with Gasteiger partial charge in [-0.2, -0.15) is 0 Å². The molecule has 16 heavy (non-hydrogen) atoms. The summed E-state index contributed by atoms with van der Waals surface area (Å²) >= 11 is 0. The highest BCUT2D eigenvalue weighted by Crippen LogP contribution is 2.48. The van der Waals surface area contributed by atoms with Crippen molar-refractivity contribution in [3.63, 3.8) is 0 Å². The van der Waals surface area contributed by atoms with Crippen LogP contribution >= 0.6 is 0 Å². The minimum atomic E-state index is 0.373. The van der Waals surface area contributed by atoms with Crippen molar-refractivity contribution in [1.82, 2.24) is 20.3 Å². The van der Waals surface area contributed by atoms with E-state index in [1.54, 1.807) is 0 Å². The summed E-state index contributed by atoms with van der Waals surface area (Å²) < 4.78 is 1.88. The van der Waals surface area contributed by atoms with Crippen LogP contribution in [0.5, 0.6) is 0 Å². The molecule has 4 nitrogen and oxygen atoms in total. The Morgan fingerprint density at radius 3 is 2.75 bits per heavy atom. The van der Waals surface area contributed by atoms with E-state index in [1.807, 2.05) is 25.0 Å². The van der Waals surface area contributed by atoms with Gasteiger partial charge in [-0.3, -0.25) is 4.68 Å². The lowest BCUT2D eigenvalue weighted by Gasteiger charge is -2.33. The number of nitrogens with zero attached hydrogens (tertiary/aromatic N) is 3. The molecule has 4 heteroatoms. The zero-order valence-electron chi connectivity index (χ0n) is 10.7. The predicted molar refractivity (Wildman–Crippen MR) is 63.9 cm³/mol. The maximum Gasteiger partial charge on any atom is 0.0756 e. The Hall–Kier alpha value is -0.900. The molecule has 1 aliphatic carbocycles. The highest BCUT2D eigenvalue weighted by atomic mass is 15.4. The van der Waals surface area contributed by atoms with Crippen LogP contribution in [-0.2, 0) is 7.05 Å². The summed E-state index contributed by atoms with van der Waals surface area (Å²) in [6.07, 6.45) is 5.83. The van der Waals surface area contributed by atoms with Crippen LogP contribution in [0.4, 0.5) is 0 Å². The van der Waals surface area contributed by atoms with Crippen molar-refractivity contribution in [2.45, 2.75) is 39.2 Å². The van der Waals surface area contributed by atoms with Gasteiger partial charge in [-0.1, -0.05) is 25.5 Å². The van der Waals surface area contributed by atoms with E-state index in [9.17, 15) is 0 Å². The Morgan fingerprint density at radius 2 is 2.31 bits per heavy atom. The second kappa shape index (κ2) is 4.17. The molecule has 0 bridgehead atoms. The lowest BCUT2D eigenvalue weighted by atomic mass is 9.76. The molecule has 1 aromatic heterocycles. The number of hydrogen-bond acceptors (Lipinski definition) is 3. The van der Waals surface area contributed by atoms with E-state index in [0.29, 0.717) is 17.4 Å². The number of rotatable bonds is 3. The second-order valence-corrected chi connectivity index (χ2v) is 5.54. The number of aryl methyl sites for hydroxylation is 1. The fraction of sp³-hybridized carbons (Fsp3) is 0.833. The summed E-state index contributed by atoms with van der Waals surface area (Å²) in [6, 6.07) is 0.373. The van der Waals surface area contributed by atoms with E-state index in [4.69, 9.17) is 0 Å². The summed E-state index contributed by atoms with van der Waals surface area (Å²) in [6.45, 7) is 4.75. The molecule has 0 amide bonds. The van der Waals surface area contributed by atoms with Gasteiger partial charge in [-0.15, -0.1) is 5.10 Å². The Balaban J connectivity index is 2.27. The fourth-order valence-corrected chi connectivity index (χ4v) is 3.11. The van der Waals surface area contributed by atoms with Crippen LogP contribution in [0.25, 0.3) is 0 Å². The summed E-state index contributed by atoms with van der Waals surface area (Å²) in [4.78, 5) is 0. The molecular formula is C12H22N4. The van der Waals surface area contributed by atoms with Crippen LogP contribution in [0.3, 0.4) is 0 Å². The third-order valence-corrected chi connectivity index (χ3v) is 4.12. The van der Waals surface area contributed by atoms with Crippen molar-refractivity contribution >= 4 is 0 Å². The van der Waals surface area contributed by atoms with Crippen molar-refractivity contribution in [1.29, 1.82) is 0 Å². The van der Waals surface area contributed by atoms with Gasteiger partial charge >= 0.3 is 0 Å². The summed E-state index contributed by atoms with van der Waals surface area (Å²) in [5.41, 5.74) is 1.61. The molecule has 2 unspecified atom stereocenters. The SMILES string of the molecule is CNC(c1cnnn1C)C1CCCC1(C)C. The van der Waals surface area contributed by atoms with Gasteiger partial charge in [0, 0.05) is 7.05 Å². The summed E-state index contributed by atoms with van der Waals surface area (Å²) in [7, 11) is 4.00. The van der Waals surface area contributed by atoms with E-state index >= 15 is 0 Å². The molecule has 0 spiro atoms. The molecule has 2 rings (SSSR count). The van der Waals surface area contributed by atoms with Crippen molar-refractivity contribution in [3.05, 3.63) is 11.9 Å². The quantitative estimate of drug-likeness (QED) is 0.849. The monoisotopic (exact) mass is 222 g/mol. The van der Waals surface area contributed by atoms with Gasteiger partial charge in [-0.05, 0) is 31.2 Å². The fourth-order valence-electron chi connectivity index (χ4n) is 3.11. The van der Waals surface area contributed by atoms with Crippen LogP contribution < -0.4 is 5.32 Å². The van der Waals surface area contributed by atoms with Crippen LogP contribution in [-0.4, -0.2) is 22.0 Å². The number of nitrogens with one attached hydrogen (secondary N) is 1. The van der Waals surface area contributed by atoms with Crippen molar-refractivity contribution in [3.8, 4) is 0 Å².